The van der Waals surface area contributed by atoms with Crippen LogP contribution in [0.25, 0.3) is 0 Å². The summed E-state index contributed by atoms with van der Waals surface area (Å²) < 4.78 is 10.4. The largest absolute Gasteiger partial charge is 0.331 e. The highest BCUT2D eigenvalue weighted by Gasteiger charge is 2.23. The number of rotatable bonds is 0. The highest BCUT2D eigenvalue weighted by Crippen LogP contribution is 2.36. The van der Waals surface area contributed by atoms with Gasteiger partial charge in [-0.3, -0.25) is 0 Å². The van der Waals surface area contributed by atoms with E-state index in [4.69, 9.17) is 20.9 Å². The van der Waals surface area contributed by atoms with Gasteiger partial charge in [0.05, 0.1) is 13.2 Å². The molecule has 1 fully saturated rings. The van der Waals surface area contributed by atoms with Crippen molar-refractivity contribution in [1.29, 1.82) is 0 Å². The van der Waals surface area contributed by atoms with E-state index in [0.29, 0.717) is 0 Å². The van der Waals surface area contributed by atoms with Crippen LogP contribution in [0.2, 0.25) is 0 Å². The molecule has 0 atom stereocenters. The summed E-state index contributed by atoms with van der Waals surface area (Å²) in [4.78, 5) is 0. The third-order valence-corrected chi connectivity index (χ3v) is 2.63. The van der Waals surface area contributed by atoms with E-state index in [1.807, 2.05) is 0 Å². The van der Waals surface area contributed by atoms with Gasteiger partial charge in [-0.15, -0.1) is 0 Å². The first-order chi connectivity index (χ1) is 4.10. The summed E-state index contributed by atoms with van der Waals surface area (Å²) in [5.74, 6) is 0. The molecule has 0 aromatic heterocycles. The Morgan fingerprint density at radius 2 is 1.78 bits per heavy atom. The average molecular weight is 166 g/mol. The van der Waals surface area contributed by atoms with E-state index in [-0.39, 0.29) is 5.41 Å². The molecule has 0 saturated carbocycles. The van der Waals surface area contributed by atoms with Crippen molar-refractivity contribution in [3.05, 3.63) is 0 Å². The summed E-state index contributed by atoms with van der Waals surface area (Å²) in [6.45, 7) is 5.73. The van der Waals surface area contributed by atoms with Gasteiger partial charge in [0.15, 0.2) is 7.15 Å². The molecule has 54 valence electrons. The summed E-state index contributed by atoms with van der Waals surface area (Å²) in [7, 11) is -1.28. The van der Waals surface area contributed by atoms with E-state index < -0.39 is 7.15 Å². The summed E-state index contributed by atoms with van der Waals surface area (Å²) in [6.07, 6.45) is 0. The Hall–Kier alpha value is 0.570. The van der Waals surface area contributed by atoms with Crippen molar-refractivity contribution in [3.8, 4) is 0 Å². The standard InChI is InChI=1S/C5H11O2PS/c1-5(2)3-6-8(9)7-4-5/h8H,3-4H2,1-2H3. The molecule has 1 saturated heterocycles. The molecule has 0 amide bonds. The molecule has 0 N–H and O–H groups in total. The van der Waals surface area contributed by atoms with Gasteiger partial charge in [-0.2, -0.15) is 0 Å². The van der Waals surface area contributed by atoms with Gasteiger partial charge >= 0.3 is 0 Å². The maximum atomic E-state index is 5.19. The molecule has 0 aromatic rings. The maximum Gasteiger partial charge on any atom is 0.176 e. The topological polar surface area (TPSA) is 18.5 Å². The fourth-order valence-corrected chi connectivity index (χ4v) is 2.05. The molecule has 4 heteroatoms. The van der Waals surface area contributed by atoms with Gasteiger partial charge in [0.2, 0.25) is 0 Å². The Balaban J connectivity index is 2.44. The van der Waals surface area contributed by atoms with Crippen molar-refractivity contribution >= 4 is 19.0 Å². The first-order valence-electron chi connectivity index (χ1n) is 2.90. The van der Waals surface area contributed by atoms with Crippen molar-refractivity contribution in [2.75, 3.05) is 13.2 Å². The Kier molecular flexibility index (Phi) is 2.27. The van der Waals surface area contributed by atoms with Crippen LogP contribution in [0, 0.1) is 5.41 Å². The van der Waals surface area contributed by atoms with Crippen molar-refractivity contribution in [2.24, 2.45) is 5.41 Å². The van der Waals surface area contributed by atoms with Crippen molar-refractivity contribution < 1.29 is 9.05 Å². The zero-order chi connectivity index (χ0) is 6.91. The molecular formula is C5H11O2PS. The van der Waals surface area contributed by atoms with Crippen LogP contribution in [0.3, 0.4) is 0 Å². The van der Waals surface area contributed by atoms with Gasteiger partial charge in [0.25, 0.3) is 0 Å². The van der Waals surface area contributed by atoms with Crippen LogP contribution in [0.4, 0.5) is 0 Å². The highest BCUT2D eigenvalue weighted by atomic mass is 32.4. The van der Waals surface area contributed by atoms with Crippen LogP contribution in [-0.4, -0.2) is 13.2 Å². The SMILES string of the molecule is CC1(C)CO[PH](=S)OC1. The Bertz CT molecular complexity index is 123. The lowest BCUT2D eigenvalue weighted by atomic mass is 9.97. The third kappa shape index (κ3) is 2.34. The summed E-state index contributed by atoms with van der Waals surface area (Å²) >= 11 is 4.85. The van der Waals surface area contributed by atoms with Gasteiger partial charge < -0.3 is 9.05 Å². The average Bonchev–Trinajstić information content (AvgIpc) is 1.78. The monoisotopic (exact) mass is 166 g/mol. The second kappa shape index (κ2) is 2.67. The molecule has 1 heterocycles. The van der Waals surface area contributed by atoms with Crippen LogP contribution < -0.4 is 0 Å². The molecule has 0 bridgehead atoms. The zero-order valence-corrected chi connectivity index (χ0v) is 7.46. The predicted octanol–water partition coefficient (Wildman–Crippen LogP) is 1.57. The van der Waals surface area contributed by atoms with Crippen molar-refractivity contribution in [1.82, 2.24) is 0 Å². The number of hydrogen-bond acceptors (Lipinski definition) is 3. The highest BCUT2D eigenvalue weighted by molar-refractivity contribution is 8.00. The minimum atomic E-state index is -1.28. The van der Waals surface area contributed by atoms with Crippen LogP contribution >= 0.6 is 7.15 Å². The van der Waals surface area contributed by atoms with Gasteiger partial charge in [0.1, 0.15) is 0 Å². The normalized spacial score (nSPS) is 28.2. The lowest BCUT2D eigenvalue weighted by Gasteiger charge is -2.29. The van der Waals surface area contributed by atoms with E-state index in [0.717, 1.165) is 13.2 Å². The van der Waals surface area contributed by atoms with E-state index in [2.05, 4.69) is 13.8 Å². The van der Waals surface area contributed by atoms with E-state index in [1.54, 1.807) is 0 Å². The van der Waals surface area contributed by atoms with Crippen molar-refractivity contribution in [2.45, 2.75) is 13.8 Å². The molecule has 1 aliphatic rings. The van der Waals surface area contributed by atoms with Gasteiger partial charge in [0, 0.05) is 5.41 Å². The first kappa shape index (κ1) is 7.67. The molecule has 1 rings (SSSR count). The van der Waals surface area contributed by atoms with Gasteiger partial charge in [-0.05, 0) is 11.8 Å². The molecule has 9 heavy (non-hydrogen) atoms. The lowest BCUT2D eigenvalue weighted by Crippen LogP contribution is -2.26. The van der Waals surface area contributed by atoms with Crippen LogP contribution in [0.1, 0.15) is 13.8 Å². The molecule has 2 nitrogen and oxygen atoms in total. The molecule has 0 aliphatic carbocycles. The maximum absolute atomic E-state index is 5.19. The molecule has 0 radical (unpaired) electrons. The van der Waals surface area contributed by atoms with Crippen LogP contribution in [0.15, 0.2) is 0 Å². The Morgan fingerprint density at radius 1 is 1.33 bits per heavy atom. The second-order valence-corrected chi connectivity index (χ2v) is 5.07. The summed E-state index contributed by atoms with van der Waals surface area (Å²) in [5, 5.41) is 0. The lowest BCUT2D eigenvalue weighted by molar-refractivity contribution is 0.0701. The molecule has 1 aliphatic heterocycles. The van der Waals surface area contributed by atoms with Crippen LogP contribution in [-0.2, 0) is 20.9 Å². The predicted molar refractivity (Wildman–Crippen MR) is 41.4 cm³/mol. The van der Waals surface area contributed by atoms with E-state index in [1.165, 1.54) is 0 Å². The molecule has 0 spiro atoms. The fourth-order valence-electron chi connectivity index (χ4n) is 0.592. The third-order valence-electron chi connectivity index (χ3n) is 1.16. The fraction of sp³-hybridized carbons (Fsp3) is 1.00. The molecule has 0 aromatic carbocycles. The summed E-state index contributed by atoms with van der Waals surface area (Å²) in [5.41, 5.74) is 0.174. The zero-order valence-electron chi connectivity index (χ0n) is 5.64. The second-order valence-electron chi connectivity index (χ2n) is 2.99. The van der Waals surface area contributed by atoms with Crippen molar-refractivity contribution in [3.63, 3.8) is 0 Å². The van der Waals surface area contributed by atoms with Gasteiger partial charge in [-0.25, -0.2) is 0 Å². The van der Waals surface area contributed by atoms with E-state index >= 15 is 0 Å². The Morgan fingerprint density at radius 3 is 2.11 bits per heavy atom. The summed E-state index contributed by atoms with van der Waals surface area (Å²) in [6, 6.07) is 0. The van der Waals surface area contributed by atoms with E-state index in [9.17, 15) is 0 Å². The molecular weight excluding hydrogens is 155 g/mol. The molecule has 0 unspecified atom stereocenters. The quantitative estimate of drug-likeness (QED) is 0.509. The minimum Gasteiger partial charge on any atom is -0.331 e. The Labute approximate surface area is 61.1 Å². The smallest absolute Gasteiger partial charge is 0.176 e. The number of hydrogen-bond donors (Lipinski definition) is 0. The van der Waals surface area contributed by atoms with Gasteiger partial charge in [-0.1, -0.05) is 13.8 Å². The van der Waals surface area contributed by atoms with Crippen LogP contribution in [0.5, 0.6) is 0 Å². The minimum absolute atomic E-state index is 0.174. The first-order valence-corrected chi connectivity index (χ1v) is 5.35.